The van der Waals surface area contributed by atoms with Gasteiger partial charge in [-0.2, -0.15) is 5.10 Å². The number of hydrogen-bond donors (Lipinski definition) is 1. The Bertz CT molecular complexity index is 696. The molecule has 5 heteroatoms. The van der Waals surface area contributed by atoms with Gasteiger partial charge in [-0.1, -0.05) is 49.7 Å². The summed E-state index contributed by atoms with van der Waals surface area (Å²) in [7, 11) is 0. The highest BCUT2D eigenvalue weighted by molar-refractivity contribution is 7.98. The lowest BCUT2D eigenvalue weighted by molar-refractivity contribution is -0.123. The minimum absolute atomic E-state index is 0.121. The Hall–Kier alpha value is -1.78. The molecule has 0 radical (unpaired) electrons. The summed E-state index contributed by atoms with van der Waals surface area (Å²) in [5, 5.41) is 4.75. The quantitative estimate of drug-likeness (QED) is 0.449. The molecule has 0 saturated carbocycles. The van der Waals surface area contributed by atoms with Gasteiger partial charge in [0.05, 0.1) is 12.1 Å². The van der Waals surface area contributed by atoms with Crippen molar-refractivity contribution in [1.29, 1.82) is 0 Å². The maximum atomic E-state index is 12.5. The van der Waals surface area contributed by atoms with E-state index in [2.05, 4.69) is 10.5 Å². The molecule has 0 saturated heterocycles. The van der Waals surface area contributed by atoms with E-state index in [4.69, 9.17) is 11.6 Å². The molecule has 2 rings (SSSR count). The highest BCUT2D eigenvalue weighted by Gasteiger charge is 2.23. The lowest BCUT2D eigenvalue weighted by atomic mass is 9.88. The first-order valence-corrected chi connectivity index (χ1v) is 9.34. The van der Waals surface area contributed by atoms with Crippen molar-refractivity contribution in [2.24, 2.45) is 11.0 Å². The Morgan fingerprint density at radius 1 is 1.12 bits per heavy atom. The predicted molar refractivity (Wildman–Crippen MR) is 103 cm³/mol. The number of amides is 1. The molecule has 1 N–H and O–H groups in total. The van der Waals surface area contributed by atoms with Crippen LogP contribution in [0.2, 0.25) is 5.02 Å². The van der Waals surface area contributed by atoms with Crippen molar-refractivity contribution in [3.8, 4) is 0 Å². The SMILES string of the molecule is CSc1ccc(/C=N/NC(=O)C(c2ccc(Cl)cc2)C(C)C)cc1. The maximum Gasteiger partial charge on any atom is 0.247 e. The Morgan fingerprint density at radius 2 is 1.75 bits per heavy atom. The number of hydrazone groups is 1. The van der Waals surface area contributed by atoms with Gasteiger partial charge in [-0.25, -0.2) is 5.43 Å². The van der Waals surface area contributed by atoms with Gasteiger partial charge in [0.25, 0.3) is 0 Å². The summed E-state index contributed by atoms with van der Waals surface area (Å²) in [4.78, 5) is 13.7. The molecule has 2 aromatic carbocycles. The first kappa shape index (κ1) is 18.6. The number of nitrogens with one attached hydrogen (secondary N) is 1. The fraction of sp³-hybridized carbons (Fsp3) is 0.263. The largest absolute Gasteiger partial charge is 0.272 e. The Morgan fingerprint density at radius 3 is 2.29 bits per heavy atom. The molecule has 2 aromatic rings. The molecule has 0 aromatic heterocycles. The van der Waals surface area contributed by atoms with Crippen molar-refractivity contribution in [2.45, 2.75) is 24.7 Å². The van der Waals surface area contributed by atoms with E-state index in [1.165, 1.54) is 4.90 Å². The van der Waals surface area contributed by atoms with Crippen LogP contribution in [0, 0.1) is 5.92 Å². The van der Waals surface area contributed by atoms with Gasteiger partial charge in [0.2, 0.25) is 5.91 Å². The highest BCUT2D eigenvalue weighted by Crippen LogP contribution is 2.26. The van der Waals surface area contributed by atoms with E-state index in [0.29, 0.717) is 5.02 Å². The van der Waals surface area contributed by atoms with Crippen molar-refractivity contribution in [3.05, 3.63) is 64.7 Å². The summed E-state index contributed by atoms with van der Waals surface area (Å²) in [6.07, 6.45) is 3.69. The van der Waals surface area contributed by atoms with Gasteiger partial charge in [-0.3, -0.25) is 4.79 Å². The third-order valence-electron chi connectivity index (χ3n) is 3.68. The summed E-state index contributed by atoms with van der Waals surface area (Å²) in [5.41, 5.74) is 4.53. The highest BCUT2D eigenvalue weighted by atomic mass is 35.5. The minimum Gasteiger partial charge on any atom is -0.272 e. The van der Waals surface area contributed by atoms with Crippen LogP contribution in [0.5, 0.6) is 0 Å². The van der Waals surface area contributed by atoms with Crippen LogP contribution in [-0.4, -0.2) is 18.4 Å². The predicted octanol–water partition coefficient (Wildman–Crippen LogP) is 4.95. The molecule has 0 heterocycles. The summed E-state index contributed by atoms with van der Waals surface area (Å²) in [5.74, 6) is -0.232. The normalized spacial score (nSPS) is 12.5. The Kier molecular flexibility index (Phi) is 6.88. The molecule has 0 aliphatic carbocycles. The molecule has 0 aliphatic rings. The second-order valence-electron chi connectivity index (χ2n) is 5.78. The van der Waals surface area contributed by atoms with Crippen LogP contribution in [0.4, 0.5) is 0 Å². The molecular weight excluding hydrogens is 340 g/mol. The van der Waals surface area contributed by atoms with Gasteiger partial charge in [0.1, 0.15) is 0 Å². The molecule has 3 nitrogen and oxygen atoms in total. The van der Waals surface area contributed by atoms with Crippen molar-refractivity contribution < 1.29 is 4.79 Å². The molecular formula is C19H21ClN2OS. The fourth-order valence-electron chi connectivity index (χ4n) is 2.44. The standard InChI is InChI=1S/C19H21ClN2OS/c1-13(2)18(15-6-8-16(20)9-7-15)19(23)22-21-12-14-4-10-17(24-3)11-5-14/h4-13,18H,1-3H3,(H,22,23)/b21-12+. The number of rotatable bonds is 6. The second-order valence-corrected chi connectivity index (χ2v) is 7.10. The van der Waals surface area contributed by atoms with Crippen molar-refractivity contribution in [1.82, 2.24) is 5.43 Å². The first-order chi connectivity index (χ1) is 11.5. The smallest absolute Gasteiger partial charge is 0.247 e. The molecule has 0 bridgehead atoms. The van der Waals surface area contributed by atoms with E-state index in [1.54, 1.807) is 30.1 Å². The molecule has 1 atom stereocenters. The van der Waals surface area contributed by atoms with Crippen LogP contribution in [0.25, 0.3) is 0 Å². The maximum absolute atomic E-state index is 12.5. The number of thioether (sulfide) groups is 1. The third kappa shape index (κ3) is 5.11. The Balaban J connectivity index is 2.04. The van der Waals surface area contributed by atoms with Gasteiger partial charge < -0.3 is 0 Å². The number of hydrogen-bond acceptors (Lipinski definition) is 3. The van der Waals surface area contributed by atoms with E-state index in [1.807, 2.05) is 56.5 Å². The summed E-state index contributed by atoms with van der Waals surface area (Å²) in [6.45, 7) is 4.04. The number of nitrogens with zero attached hydrogens (tertiary/aromatic N) is 1. The average Bonchev–Trinajstić information content (AvgIpc) is 2.57. The molecule has 0 spiro atoms. The van der Waals surface area contributed by atoms with E-state index in [0.717, 1.165) is 11.1 Å². The molecule has 0 aliphatic heterocycles. The summed E-state index contributed by atoms with van der Waals surface area (Å²) >= 11 is 7.61. The van der Waals surface area contributed by atoms with E-state index in [-0.39, 0.29) is 17.7 Å². The van der Waals surface area contributed by atoms with Gasteiger partial charge in [-0.15, -0.1) is 11.8 Å². The zero-order valence-corrected chi connectivity index (χ0v) is 15.6. The summed E-state index contributed by atoms with van der Waals surface area (Å²) in [6, 6.07) is 15.4. The molecule has 24 heavy (non-hydrogen) atoms. The monoisotopic (exact) mass is 360 g/mol. The van der Waals surface area contributed by atoms with Crippen LogP contribution in [0.3, 0.4) is 0 Å². The lowest BCUT2D eigenvalue weighted by Gasteiger charge is -2.19. The third-order valence-corrected chi connectivity index (χ3v) is 4.68. The van der Waals surface area contributed by atoms with Crippen LogP contribution in [0.1, 0.15) is 30.9 Å². The zero-order valence-electron chi connectivity index (χ0n) is 14.0. The first-order valence-electron chi connectivity index (χ1n) is 7.73. The topological polar surface area (TPSA) is 41.5 Å². The number of halogens is 1. The Labute approximate surface area is 152 Å². The van der Waals surface area contributed by atoms with Crippen molar-refractivity contribution in [2.75, 3.05) is 6.26 Å². The fourth-order valence-corrected chi connectivity index (χ4v) is 2.97. The molecule has 126 valence electrons. The van der Waals surface area contributed by atoms with Crippen LogP contribution in [-0.2, 0) is 4.79 Å². The lowest BCUT2D eigenvalue weighted by Crippen LogP contribution is -2.28. The molecule has 0 fully saturated rings. The van der Waals surface area contributed by atoms with Crippen LogP contribution in [0.15, 0.2) is 58.5 Å². The van der Waals surface area contributed by atoms with Gasteiger partial charge in [0, 0.05) is 9.92 Å². The average molecular weight is 361 g/mol. The number of carbonyl (C=O) groups excluding carboxylic acids is 1. The van der Waals surface area contributed by atoms with E-state index < -0.39 is 0 Å². The second kappa shape index (κ2) is 8.90. The van der Waals surface area contributed by atoms with E-state index >= 15 is 0 Å². The van der Waals surface area contributed by atoms with Crippen molar-refractivity contribution >= 4 is 35.5 Å². The zero-order chi connectivity index (χ0) is 17.5. The molecule has 1 unspecified atom stereocenters. The van der Waals surface area contributed by atoms with Gasteiger partial charge in [-0.05, 0) is 47.6 Å². The minimum atomic E-state index is -0.265. The van der Waals surface area contributed by atoms with E-state index in [9.17, 15) is 4.79 Å². The van der Waals surface area contributed by atoms with Crippen LogP contribution < -0.4 is 5.43 Å². The number of benzene rings is 2. The number of carbonyl (C=O) groups is 1. The molecule has 1 amide bonds. The van der Waals surface area contributed by atoms with Gasteiger partial charge >= 0.3 is 0 Å². The van der Waals surface area contributed by atoms with Gasteiger partial charge in [0.15, 0.2) is 0 Å². The van der Waals surface area contributed by atoms with Crippen LogP contribution >= 0.6 is 23.4 Å². The summed E-state index contributed by atoms with van der Waals surface area (Å²) < 4.78 is 0. The van der Waals surface area contributed by atoms with Crippen molar-refractivity contribution in [3.63, 3.8) is 0 Å².